The first kappa shape index (κ1) is 32.5. The highest BCUT2D eigenvalue weighted by atomic mass is 32.1. The van der Waals surface area contributed by atoms with Crippen LogP contribution < -0.4 is 0 Å². The molecule has 0 saturated carbocycles. The first-order valence-corrected chi connectivity index (χ1v) is 18.2. The molecule has 0 radical (unpaired) electrons. The number of aryl methyl sites for hydroxylation is 7. The summed E-state index contributed by atoms with van der Waals surface area (Å²) in [5, 5.41) is 0. The first-order chi connectivity index (χ1) is 21.6. The van der Waals surface area contributed by atoms with Gasteiger partial charge in [0.15, 0.2) is 0 Å². The molecule has 2 aliphatic rings. The van der Waals surface area contributed by atoms with Crippen LogP contribution in [-0.2, 0) is 30.5 Å². The minimum Gasteiger partial charge on any atom is -0.386 e. The van der Waals surface area contributed by atoms with Crippen molar-refractivity contribution in [2.45, 2.75) is 82.7 Å². The lowest BCUT2D eigenvalue weighted by molar-refractivity contribution is -0.149. The molecule has 0 aliphatic carbocycles. The van der Waals surface area contributed by atoms with E-state index in [2.05, 4.69) is 0 Å². The number of carbonyl (C=O) groups is 4. The number of imide groups is 1. The van der Waals surface area contributed by atoms with Gasteiger partial charge in [-0.1, -0.05) is 0 Å². The molecular formula is C36H35NO5S4. The Morgan fingerprint density at radius 3 is 1.13 bits per heavy atom. The second kappa shape index (κ2) is 11.4. The van der Waals surface area contributed by atoms with E-state index < -0.39 is 11.9 Å². The van der Waals surface area contributed by atoms with E-state index in [9.17, 15) is 19.2 Å². The van der Waals surface area contributed by atoms with Gasteiger partial charge in [0.2, 0.25) is 0 Å². The molecule has 238 valence electrons. The Morgan fingerprint density at radius 2 is 0.761 bits per heavy atom. The summed E-state index contributed by atoms with van der Waals surface area (Å²) in [5.41, 5.74) is 8.06. The molecule has 0 saturated heterocycles. The Morgan fingerprint density at radius 1 is 0.435 bits per heavy atom. The van der Waals surface area contributed by atoms with Crippen LogP contribution in [0.2, 0.25) is 0 Å². The maximum atomic E-state index is 14.6. The van der Waals surface area contributed by atoms with Crippen molar-refractivity contribution in [3.05, 3.63) is 83.5 Å². The molecule has 6 rings (SSSR count). The third-order valence-electron chi connectivity index (χ3n) is 9.46. The van der Waals surface area contributed by atoms with Crippen LogP contribution >= 0.6 is 45.3 Å². The normalized spacial score (nSPS) is 15.5. The quantitative estimate of drug-likeness (QED) is 0.115. The van der Waals surface area contributed by atoms with Crippen molar-refractivity contribution in [1.82, 2.24) is 4.90 Å². The summed E-state index contributed by atoms with van der Waals surface area (Å²) in [6.45, 7) is 21.8. The van der Waals surface area contributed by atoms with Gasteiger partial charge in [0, 0.05) is 61.3 Å². The summed E-state index contributed by atoms with van der Waals surface area (Å²) in [4.78, 5) is 65.0. The van der Waals surface area contributed by atoms with E-state index >= 15 is 0 Å². The number of ether oxygens (including phenoxy) is 1. The van der Waals surface area contributed by atoms with Gasteiger partial charge in [-0.25, -0.2) is 9.59 Å². The predicted molar refractivity (Wildman–Crippen MR) is 190 cm³/mol. The van der Waals surface area contributed by atoms with E-state index in [1.54, 1.807) is 34.0 Å². The van der Waals surface area contributed by atoms with Gasteiger partial charge >= 0.3 is 11.9 Å². The van der Waals surface area contributed by atoms with Crippen LogP contribution in [0.15, 0.2) is 0 Å². The van der Waals surface area contributed by atoms with Crippen LogP contribution in [0.5, 0.6) is 0 Å². The van der Waals surface area contributed by atoms with E-state index in [1.165, 1.54) is 16.2 Å². The van der Waals surface area contributed by atoms with Crippen molar-refractivity contribution in [1.29, 1.82) is 0 Å². The largest absolute Gasteiger partial charge is 0.386 e. The van der Waals surface area contributed by atoms with Gasteiger partial charge in [0.25, 0.3) is 11.8 Å². The fraction of sp³-hybridized carbons (Fsp3) is 0.333. The Balaban J connectivity index is 1.55. The second-order valence-corrected chi connectivity index (χ2v) is 17.7. The molecule has 46 heavy (non-hydrogen) atoms. The molecule has 2 amide bonds. The highest BCUT2D eigenvalue weighted by Gasteiger charge is 2.45. The lowest BCUT2D eigenvalue weighted by atomic mass is 9.92. The number of esters is 2. The van der Waals surface area contributed by atoms with Gasteiger partial charge in [-0.3, -0.25) is 14.5 Å². The van der Waals surface area contributed by atoms with E-state index in [-0.39, 0.29) is 29.5 Å². The zero-order valence-electron chi connectivity index (χ0n) is 27.8. The van der Waals surface area contributed by atoms with E-state index in [0.717, 1.165) is 73.1 Å². The molecule has 4 aromatic rings. The molecule has 0 bridgehead atoms. The molecule has 0 N–H and O–H groups in total. The van der Waals surface area contributed by atoms with Crippen LogP contribution in [0.3, 0.4) is 0 Å². The fourth-order valence-corrected chi connectivity index (χ4v) is 11.2. The van der Waals surface area contributed by atoms with Crippen molar-refractivity contribution in [2.75, 3.05) is 0 Å². The molecule has 2 aliphatic heterocycles. The maximum Gasteiger partial charge on any atom is 0.347 e. The van der Waals surface area contributed by atoms with Crippen LogP contribution in [0.4, 0.5) is 0 Å². The monoisotopic (exact) mass is 689 g/mol. The van der Waals surface area contributed by atoms with Gasteiger partial charge in [-0.2, -0.15) is 0 Å². The summed E-state index contributed by atoms with van der Waals surface area (Å²) < 4.78 is 5.26. The lowest BCUT2D eigenvalue weighted by Crippen LogP contribution is -2.31. The number of carbonyl (C=O) groups excluding carboxylic acids is 4. The number of hydrogen-bond donors (Lipinski definition) is 0. The fourth-order valence-electron chi connectivity index (χ4n) is 6.79. The molecule has 0 spiro atoms. The maximum absolute atomic E-state index is 14.6. The van der Waals surface area contributed by atoms with Gasteiger partial charge in [0.1, 0.15) is 0 Å². The third kappa shape index (κ3) is 4.67. The van der Waals surface area contributed by atoms with Crippen LogP contribution in [0.25, 0.3) is 22.3 Å². The highest BCUT2D eigenvalue weighted by Crippen LogP contribution is 2.48. The zero-order chi connectivity index (χ0) is 33.7. The van der Waals surface area contributed by atoms with Crippen molar-refractivity contribution in [3.8, 4) is 0 Å². The smallest absolute Gasteiger partial charge is 0.347 e. The van der Waals surface area contributed by atoms with Gasteiger partial charge in [-0.05, 0) is 98.4 Å². The number of nitrogens with zero attached hydrogens (tertiary/aromatic N) is 1. The molecule has 4 aromatic heterocycles. The number of cyclic esters (lactones) is 2. The predicted octanol–water partition coefficient (Wildman–Crippen LogP) is 8.80. The lowest BCUT2D eigenvalue weighted by Gasteiger charge is -2.16. The average molecular weight is 690 g/mol. The highest BCUT2D eigenvalue weighted by molar-refractivity contribution is 7.13. The topological polar surface area (TPSA) is 80.8 Å². The summed E-state index contributed by atoms with van der Waals surface area (Å²) in [6, 6.07) is 0. The minimum atomic E-state index is -0.705. The second-order valence-electron chi connectivity index (χ2n) is 12.1. The molecule has 10 heteroatoms. The Bertz CT molecular complexity index is 2070. The van der Waals surface area contributed by atoms with Crippen LogP contribution in [0, 0.1) is 76.2 Å². The van der Waals surface area contributed by atoms with Gasteiger partial charge in [0.05, 0.1) is 28.8 Å². The first-order valence-electron chi connectivity index (χ1n) is 15.0. The molecule has 0 atom stereocenters. The van der Waals surface area contributed by atoms with Crippen molar-refractivity contribution in [2.24, 2.45) is 0 Å². The van der Waals surface area contributed by atoms with E-state index in [0.29, 0.717) is 21.6 Å². The minimum absolute atomic E-state index is 0.0271. The molecule has 6 nitrogen and oxygen atoms in total. The third-order valence-corrected chi connectivity index (χ3v) is 14.0. The van der Waals surface area contributed by atoms with Crippen LogP contribution in [0.1, 0.15) is 83.5 Å². The summed E-state index contributed by atoms with van der Waals surface area (Å²) in [6.07, 6.45) is 0. The Hall–Kier alpha value is -3.44. The zero-order valence-corrected chi connectivity index (χ0v) is 31.1. The Labute approximate surface area is 285 Å². The van der Waals surface area contributed by atoms with E-state index in [1.807, 2.05) is 76.2 Å². The standard InChI is InChI=1S/C36H35NO5S4/c1-13-17(5)43-21(9)25(13)29-30(26-14(2)18(6)44-22(26)10)34(39)37(33(29)38)12-24-28(16(4)20(8)46-24)32-31(35(40)42-36(32)41)27-15(3)19(7)45-23(27)11/h12H2,1-11H3. The van der Waals surface area contributed by atoms with Gasteiger partial charge in [-0.15, -0.1) is 45.3 Å². The SMILES string of the molecule is Cc1sc(C)c(C2=C(c3c(C)sc(C)c3C)C(=O)N(Cc3sc(C)c(C)c3C3=C(c4c(C)sc(C)c4C)C(=O)OC3=O)C2=O)c1C. The van der Waals surface area contributed by atoms with Crippen molar-refractivity contribution >= 4 is 91.4 Å². The van der Waals surface area contributed by atoms with Crippen molar-refractivity contribution in [3.63, 3.8) is 0 Å². The average Bonchev–Trinajstić information content (AvgIpc) is 3.71. The summed E-state index contributed by atoms with van der Waals surface area (Å²) >= 11 is 6.27. The summed E-state index contributed by atoms with van der Waals surface area (Å²) in [7, 11) is 0. The molecule has 6 heterocycles. The van der Waals surface area contributed by atoms with Crippen LogP contribution in [-0.4, -0.2) is 28.7 Å². The number of rotatable bonds is 6. The number of hydrogen-bond acceptors (Lipinski definition) is 9. The number of amides is 2. The van der Waals surface area contributed by atoms with Gasteiger partial charge < -0.3 is 4.74 Å². The summed E-state index contributed by atoms with van der Waals surface area (Å²) in [5.74, 6) is -2.07. The molecule has 0 unspecified atom stereocenters. The molecule has 0 aromatic carbocycles. The van der Waals surface area contributed by atoms with E-state index in [4.69, 9.17) is 4.74 Å². The molecule has 0 fully saturated rings. The number of thiophene rings is 4. The Kier molecular flexibility index (Phi) is 8.03. The van der Waals surface area contributed by atoms with Crippen molar-refractivity contribution < 1.29 is 23.9 Å². The molecular weight excluding hydrogens is 655 g/mol.